The van der Waals surface area contributed by atoms with Crippen LogP contribution in [0.15, 0.2) is 84.2 Å². The van der Waals surface area contributed by atoms with E-state index >= 15 is 0 Å². The Hall–Kier alpha value is -3.14. The van der Waals surface area contributed by atoms with Gasteiger partial charge in [-0.15, -0.1) is 0 Å². The molecule has 0 unspecified atom stereocenters. The number of rotatable bonds is 7. The van der Waals surface area contributed by atoms with E-state index in [9.17, 15) is 0 Å². The molecule has 0 amide bonds. The zero-order chi connectivity index (χ0) is 19.2. The van der Waals surface area contributed by atoms with Crippen LogP contribution < -0.4 is 10.6 Å². The number of hydrogen-bond donors (Lipinski definition) is 2. The molecule has 4 nitrogen and oxygen atoms in total. The second kappa shape index (κ2) is 8.49. The zero-order valence-electron chi connectivity index (χ0n) is 16.0. The lowest BCUT2D eigenvalue weighted by molar-refractivity contribution is 0.754. The Morgan fingerprint density at radius 2 is 1.85 bits per heavy atom. The van der Waals surface area contributed by atoms with Crippen molar-refractivity contribution in [3.8, 4) is 0 Å². The Kier molecular flexibility index (Phi) is 5.87. The number of aromatic nitrogens is 1. The van der Waals surface area contributed by atoms with Gasteiger partial charge < -0.3 is 10.6 Å². The Labute approximate surface area is 161 Å². The average molecular weight is 358 g/mol. The van der Waals surface area contributed by atoms with E-state index in [1.54, 1.807) is 6.20 Å². The van der Waals surface area contributed by atoms with Crippen LogP contribution >= 0.6 is 0 Å². The van der Waals surface area contributed by atoms with Gasteiger partial charge in [0.1, 0.15) is 5.84 Å². The van der Waals surface area contributed by atoms with Gasteiger partial charge in [-0.25, -0.2) is 0 Å². The molecular formula is C23H26N4. The van der Waals surface area contributed by atoms with Gasteiger partial charge in [-0.3, -0.25) is 9.98 Å². The third kappa shape index (κ3) is 5.17. The fraction of sp³-hybridized carbons (Fsp3) is 0.217. The average Bonchev–Trinajstić information content (AvgIpc) is 3.12. The van der Waals surface area contributed by atoms with Crippen molar-refractivity contribution >= 4 is 17.2 Å². The number of nitrogens with one attached hydrogen (secondary N) is 2. The summed E-state index contributed by atoms with van der Waals surface area (Å²) in [7, 11) is 0. The minimum atomic E-state index is 0.530. The summed E-state index contributed by atoms with van der Waals surface area (Å²) in [6.45, 7) is 13.4. The molecule has 0 aliphatic carbocycles. The van der Waals surface area contributed by atoms with E-state index in [1.807, 2.05) is 30.3 Å². The molecule has 1 aliphatic heterocycles. The Bertz CT molecular complexity index is 874. The highest BCUT2D eigenvalue weighted by atomic mass is 15.0. The molecule has 2 heterocycles. The van der Waals surface area contributed by atoms with E-state index in [0.29, 0.717) is 5.92 Å². The van der Waals surface area contributed by atoms with E-state index in [2.05, 4.69) is 65.8 Å². The van der Waals surface area contributed by atoms with E-state index in [4.69, 9.17) is 0 Å². The van der Waals surface area contributed by atoms with Crippen molar-refractivity contribution in [2.75, 3.05) is 11.9 Å². The third-order valence-electron chi connectivity index (χ3n) is 4.44. The molecule has 0 saturated carbocycles. The van der Waals surface area contributed by atoms with Crippen molar-refractivity contribution in [3.05, 3.63) is 90.4 Å². The van der Waals surface area contributed by atoms with Gasteiger partial charge >= 0.3 is 0 Å². The summed E-state index contributed by atoms with van der Waals surface area (Å²) in [5, 5.41) is 6.61. The van der Waals surface area contributed by atoms with E-state index < -0.39 is 0 Å². The van der Waals surface area contributed by atoms with Crippen LogP contribution in [0, 0.1) is 5.92 Å². The first-order valence-electron chi connectivity index (χ1n) is 9.17. The Morgan fingerprint density at radius 3 is 2.48 bits per heavy atom. The van der Waals surface area contributed by atoms with Gasteiger partial charge in [0.25, 0.3) is 0 Å². The molecule has 3 rings (SSSR count). The van der Waals surface area contributed by atoms with E-state index in [1.165, 1.54) is 11.1 Å². The Morgan fingerprint density at radius 1 is 1.07 bits per heavy atom. The highest BCUT2D eigenvalue weighted by Gasteiger charge is 2.11. The monoisotopic (exact) mass is 358 g/mol. The number of nitrogens with zero attached hydrogens (tertiary/aromatic N) is 2. The topological polar surface area (TPSA) is 49.3 Å². The second-order valence-electron chi connectivity index (χ2n) is 7.00. The van der Waals surface area contributed by atoms with Crippen LogP contribution in [0.5, 0.6) is 0 Å². The van der Waals surface area contributed by atoms with E-state index in [-0.39, 0.29) is 0 Å². The van der Waals surface area contributed by atoms with Crippen molar-refractivity contribution in [3.63, 3.8) is 0 Å². The van der Waals surface area contributed by atoms with Crippen LogP contribution in [0.25, 0.3) is 5.70 Å². The lowest BCUT2D eigenvalue weighted by Crippen LogP contribution is -2.20. The van der Waals surface area contributed by atoms with Gasteiger partial charge in [-0.05, 0) is 47.4 Å². The van der Waals surface area contributed by atoms with Gasteiger partial charge in [0.15, 0.2) is 0 Å². The summed E-state index contributed by atoms with van der Waals surface area (Å²) in [6.07, 6.45) is 4.65. The molecule has 2 N–H and O–H groups in total. The summed E-state index contributed by atoms with van der Waals surface area (Å²) in [6, 6.07) is 14.0. The van der Waals surface area contributed by atoms with Crippen molar-refractivity contribution in [1.29, 1.82) is 0 Å². The van der Waals surface area contributed by atoms with Crippen LogP contribution in [0.2, 0.25) is 0 Å². The normalized spacial score (nSPS) is 13.1. The molecule has 27 heavy (non-hydrogen) atoms. The van der Waals surface area contributed by atoms with Gasteiger partial charge in [0.2, 0.25) is 0 Å². The number of amidine groups is 1. The number of aliphatic imine (C=N–C) groups is 1. The number of anilines is 1. The fourth-order valence-corrected chi connectivity index (χ4v) is 2.83. The smallest absolute Gasteiger partial charge is 0.125 e. The minimum Gasteiger partial charge on any atom is -0.354 e. The highest BCUT2D eigenvalue weighted by molar-refractivity contribution is 5.96. The lowest BCUT2D eigenvalue weighted by Gasteiger charge is -2.11. The maximum Gasteiger partial charge on any atom is 0.125 e. The SMILES string of the molecule is C=C(Cc1ccc(NC(=C)c2ccccn2)cc1)NC1=NCC(C(C)C)=C1. The fourth-order valence-electron chi connectivity index (χ4n) is 2.83. The van der Waals surface area contributed by atoms with Crippen LogP contribution in [0.1, 0.15) is 25.1 Å². The molecule has 4 heteroatoms. The maximum absolute atomic E-state index is 4.52. The largest absolute Gasteiger partial charge is 0.354 e. The Balaban J connectivity index is 1.53. The number of pyridine rings is 1. The molecule has 1 aromatic carbocycles. The zero-order valence-corrected chi connectivity index (χ0v) is 16.0. The van der Waals surface area contributed by atoms with Crippen LogP contribution in [0.4, 0.5) is 5.69 Å². The predicted molar refractivity (Wildman–Crippen MR) is 115 cm³/mol. The molecular weight excluding hydrogens is 332 g/mol. The molecule has 1 aromatic heterocycles. The first kappa shape index (κ1) is 18.6. The number of hydrogen-bond acceptors (Lipinski definition) is 4. The van der Waals surface area contributed by atoms with Crippen molar-refractivity contribution in [2.24, 2.45) is 10.9 Å². The molecule has 1 aliphatic rings. The predicted octanol–water partition coefficient (Wildman–Crippen LogP) is 4.80. The summed E-state index contributed by atoms with van der Waals surface area (Å²) in [5.74, 6) is 1.44. The number of benzene rings is 1. The summed E-state index contributed by atoms with van der Waals surface area (Å²) < 4.78 is 0. The van der Waals surface area contributed by atoms with Crippen molar-refractivity contribution in [2.45, 2.75) is 20.3 Å². The van der Waals surface area contributed by atoms with Crippen molar-refractivity contribution in [1.82, 2.24) is 10.3 Å². The molecule has 0 atom stereocenters. The van der Waals surface area contributed by atoms with Crippen LogP contribution in [0.3, 0.4) is 0 Å². The third-order valence-corrected chi connectivity index (χ3v) is 4.44. The lowest BCUT2D eigenvalue weighted by atomic mass is 10.0. The molecule has 0 fully saturated rings. The molecule has 138 valence electrons. The van der Waals surface area contributed by atoms with Gasteiger partial charge in [0.05, 0.1) is 17.9 Å². The minimum absolute atomic E-state index is 0.530. The van der Waals surface area contributed by atoms with Gasteiger partial charge in [-0.2, -0.15) is 0 Å². The quantitative estimate of drug-likeness (QED) is 0.747. The van der Waals surface area contributed by atoms with Crippen LogP contribution in [-0.4, -0.2) is 17.4 Å². The standard InChI is InChI=1S/C23H26N4/c1-16(2)20-14-23(25-15-20)26-17(3)13-19-8-10-21(11-9-19)27-18(4)22-7-5-6-12-24-22/h5-12,14,16,27H,3-4,13,15H2,1-2H3,(H,25,26). The molecule has 0 radical (unpaired) electrons. The second-order valence-corrected chi connectivity index (χ2v) is 7.00. The first-order chi connectivity index (χ1) is 13.0. The number of allylic oxidation sites excluding steroid dienone is 1. The summed E-state index contributed by atoms with van der Waals surface area (Å²) in [5.41, 5.74) is 6.08. The van der Waals surface area contributed by atoms with E-state index in [0.717, 1.165) is 41.6 Å². The first-order valence-corrected chi connectivity index (χ1v) is 9.17. The van der Waals surface area contributed by atoms with Crippen molar-refractivity contribution < 1.29 is 0 Å². The molecule has 0 bridgehead atoms. The highest BCUT2D eigenvalue weighted by Crippen LogP contribution is 2.18. The van der Waals surface area contributed by atoms with Gasteiger partial charge in [-0.1, -0.05) is 45.2 Å². The summed E-state index contributed by atoms with van der Waals surface area (Å²) in [4.78, 5) is 8.82. The van der Waals surface area contributed by atoms with Gasteiger partial charge in [0, 0.05) is 24.0 Å². The van der Waals surface area contributed by atoms with Crippen LogP contribution in [-0.2, 0) is 6.42 Å². The molecule has 2 aromatic rings. The summed E-state index contributed by atoms with van der Waals surface area (Å²) >= 11 is 0. The molecule has 0 spiro atoms. The molecule has 0 saturated heterocycles. The maximum atomic E-state index is 4.52.